The minimum Gasteiger partial charge on any atom is -0.328 e. The maximum Gasteiger partial charge on any atom is 0.0959 e. The molecule has 0 spiro atoms. The predicted molar refractivity (Wildman–Crippen MR) is 97.7 cm³/mol. The largest absolute Gasteiger partial charge is 0.328 e. The Bertz CT molecular complexity index is 738. The minimum absolute atomic E-state index is 0.552. The van der Waals surface area contributed by atoms with Crippen molar-refractivity contribution in [3.05, 3.63) is 72.4 Å². The van der Waals surface area contributed by atoms with Crippen molar-refractivity contribution in [1.82, 2.24) is 14.5 Å². The number of rotatable bonds is 6. The van der Waals surface area contributed by atoms with Crippen LogP contribution in [0.5, 0.6) is 0 Å². The van der Waals surface area contributed by atoms with Crippen LogP contribution in [0.3, 0.4) is 0 Å². The topological polar surface area (TPSA) is 30.7 Å². The Hall–Kier alpha value is -2.07. The molecule has 0 N–H and O–H groups in total. The van der Waals surface area contributed by atoms with E-state index in [4.69, 9.17) is 4.98 Å². The number of thioether (sulfide) groups is 1. The molecule has 0 saturated heterocycles. The highest BCUT2D eigenvalue weighted by atomic mass is 32.2. The van der Waals surface area contributed by atoms with Crippen LogP contribution in [-0.4, -0.2) is 26.0 Å². The molecule has 0 saturated carbocycles. The van der Waals surface area contributed by atoms with Crippen LogP contribution in [0.25, 0.3) is 11.3 Å². The molecule has 0 aliphatic rings. The first kappa shape index (κ1) is 15.8. The molecule has 118 valence electrons. The zero-order valence-corrected chi connectivity index (χ0v) is 14.3. The lowest BCUT2D eigenvalue weighted by atomic mass is 10.1. The van der Waals surface area contributed by atoms with E-state index in [9.17, 15) is 0 Å². The highest BCUT2D eigenvalue weighted by molar-refractivity contribution is 7.99. The molecular formula is C19H21N3S. The number of aromatic nitrogens is 3. The Balaban J connectivity index is 1.97. The van der Waals surface area contributed by atoms with Gasteiger partial charge in [-0.25, -0.2) is 4.98 Å². The first-order chi connectivity index (χ1) is 11.3. The molecule has 3 aromatic rings. The highest BCUT2D eigenvalue weighted by Crippen LogP contribution is 2.25. The van der Waals surface area contributed by atoms with Gasteiger partial charge in [-0.3, -0.25) is 4.98 Å². The van der Waals surface area contributed by atoms with Crippen LogP contribution in [0.1, 0.15) is 18.3 Å². The van der Waals surface area contributed by atoms with Gasteiger partial charge in [-0.15, -0.1) is 0 Å². The van der Waals surface area contributed by atoms with E-state index in [-0.39, 0.29) is 0 Å². The van der Waals surface area contributed by atoms with Gasteiger partial charge in [-0.1, -0.05) is 43.3 Å². The Labute approximate surface area is 141 Å². The maximum atomic E-state index is 4.70. The van der Waals surface area contributed by atoms with E-state index in [1.165, 1.54) is 11.3 Å². The molecule has 4 heteroatoms. The summed E-state index contributed by atoms with van der Waals surface area (Å²) >= 11 is 1.89. The van der Waals surface area contributed by atoms with Gasteiger partial charge in [0.05, 0.1) is 24.3 Å². The van der Waals surface area contributed by atoms with E-state index in [1.807, 2.05) is 42.5 Å². The zero-order valence-electron chi connectivity index (χ0n) is 13.5. The number of nitrogens with zero attached hydrogens (tertiary/aromatic N) is 3. The number of pyridine rings is 1. The van der Waals surface area contributed by atoms with E-state index in [2.05, 4.69) is 53.1 Å². The van der Waals surface area contributed by atoms with Crippen molar-refractivity contribution in [1.29, 1.82) is 0 Å². The second-order valence-electron chi connectivity index (χ2n) is 5.61. The monoisotopic (exact) mass is 323 g/mol. The molecular weight excluding hydrogens is 302 g/mol. The summed E-state index contributed by atoms with van der Waals surface area (Å²) in [5, 5.41) is 0.552. The number of imidazole rings is 1. The van der Waals surface area contributed by atoms with Gasteiger partial charge in [0.15, 0.2) is 0 Å². The van der Waals surface area contributed by atoms with Crippen LogP contribution in [0, 0.1) is 0 Å². The summed E-state index contributed by atoms with van der Waals surface area (Å²) in [6.07, 6.45) is 6.94. The van der Waals surface area contributed by atoms with Crippen LogP contribution in [0.2, 0.25) is 0 Å². The van der Waals surface area contributed by atoms with Crippen LogP contribution in [0.4, 0.5) is 0 Å². The van der Waals surface area contributed by atoms with Gasteiger partial charge >= 0.3 is 0 Å². The third-order valence-electron chi connectivity index (χ3n) is 3.94. The molecule has 1 atom stereocenters. The van der Waals surface area contributed by atoms with Crippen LogP contribution >= 0.6 is 11.8 Å². The summed E-state index contributed by atoms with van der Waals surface area (Å²) in [7, 11) is 0. The van der Waals surface area contributed by atoms with Crippen molar-refractivity contribution < 1.29 is 0 Å². The fraction of sp³-hybridized carbons (Fsp3) is 0.263. The summed E-state index contributed by atoms with van der Waals surface area (Å²) in [6, 6.07) is 16.5. The summed E-state index contributed by atoms with van der Waals surface area (Å²) in [5.41, 5.74) is 4.60. The van der Waals surface area contributed by atoms with Gasteiger partial charge < -0.3 is 4.57 Å². The highest BCUT2D eigenvalue weighted by Gasteiger charge is 2.15. The first-order valence-electron chi connectivity index (χ1n) is 7.80. The minimum atomic E-state index is 0.552. The smallest absolute Gasteiger partial charge is 0.0959 e. The molecule has 2 aromatic heterocycles. The molecule has 0 fully saturated rings. The number of hydrogen-bond acceptors (Lipinski definition) is 3. The van der Waals surface area contributed by atoms with E-state index in [1.54, 1.807) is 0 Å². The standard InChI is InChI=1S/C19H21N3S/c1-15(23-2)12-18-19(16-8-4-3-5-9-16)21-14-22(18)13-17-10-6-7-11-20-17/h3-11,14-15H,12-13H2,1-2H3/t15-/m0/s1. The average Bonchev–Trinajstić information content (AvgIpc) is 2.99. The Morgan fingerprint density at radius 3 is 2.52 bits per heavy atom. The molecule has 1 aromatic carbocycles. The van der Waals surface area contributed by atoms with Crippen LogP contribution in [-0.2, 0) is 13.0 Å². The van der Waals surface area contributed by atoms with E-state index in [0.717, 1.165) is 24.4 Å². The van der Waals surface area contributed by atoms with Crippen molar-refractivity contribution in [2.24, 2.45) is 0 Å². The molecule has 3 nitrogen and oxygen atoms in total. The second-order valence-corrected chi connectivity index (χ2v) is 6.88. The van der Waals surface area contributed by atoms with Gasteiger partial charge in [0.2, 0.25) is 0 Å². The van der Waals surface area contributed by atoms with Crippen molar-refractivity contribution in [3.8, 4) is 11.3 Å². The second kappa shape index (κ2) is 7.47. The van der Waals surface area contributed by atoms with Gasteiger partial charge in [-0.2, -0.15) is 11.8 Å². The van der Waals surface area contributed by atoms with Crippen molar-refractivity contribution >= 4 is 11.8 Å². The molecule has 23 heavy (non-hydrogen) atoms. The fourth-order valence-electron chi connectivity index (χ4n) is 2.62. The summed E-state index contributed by atoms with van der Waals surface area (Å²) in [5.74, 6) is 0. The lowest BCUT2D eigenvalue weighted by molar-refractivity contribution is 0.714. The van der Waals surface area contributed by atoms with Gasteiger partial charge in [0.1, 0.15) is 0 Å². The lowest BCUT2D eigenvalue weighted by Crippen LogP contribution is -2.10. The summed E-state index contributed by atoms with van der Waals surface area (Å²) in [4.78, 5) is 9.14. The third kappa shape index (κ3) is 3.82. The molecule has 0 aliphatic heterocycles. The fourth-order valence-corrected chi connectivity index (χ4v) is 2.94. The van der Waals surface area contributed by atoms with Gasteiger partial charge in [-0.05, 0) is 18.4 Å². The third-order valence-corrected chi connectivity index (χ3v) is 4.91. The Morgan fingerprint density at radius 1 is 1.04 bits per heavy atom. The van der Waals surface area contributed by atoms with Crippen molar-refractivity contribution in [3.63, 3.8) is 0 Å². The Kier molecular flexibility index (Phi) is 5.13. The number of benzene rings is 1. The summed E-state index contributed by atoms with van der Waals surface area (Å²) in [6.45, 7) is 3.02. The van der Waals surface area contributed by atoms with Crippen LogP contribution in [0.15, 0.2) is 61.1 Å². The summed E-state index contributed by atoms with van der Waals surface area (Å²) < 4.78 is 2.23. The normalized spacial score (nSPS) is 12.3. The molecule has 0 aliphatic carbocycles. The molecule has 0 bridgehead atoms. The molecule has 0 unspecified atom stereocenters. The van der Waals surface area contributed by atoms with Crippen molar-refractivity contribution in [2.75, 3.05) is 6.26 Å². The van der Waals surface area contributed by atoms with E-state index in [0.29, 0.717) is 5.25 Å². The zero-order chi connectivity index (χ0) is 16.1. The van der Waals surface area contributed by atoms with E-state index >= 15 is 0 Å². The van der Waals surface area contributed by atoms with Crippen LogP contribution < -0.4 is 0 Å². The molecule has 0 radical (unpaired) electrons. The van der Waals surface area contributed by atoms with E-state index < -0.39 is 0 Å². The lowest BCUT2D eigenvalue weighted by Gasteiger charge is -2.13. The molecule has 3 rings (SSSR count). The van der Waals surface area contributed by atoms with Crippen molar-refractivity contribution in [2.45, 2.75) is 25.1 Å². The Morgan fingerprint density at radius 2 is 1.83 bits per heavy atom. The first-order valence-corrected chi connectivity index (χ1v) is 9.09. The maximum absolute atomic E-state index is 4.70. The average molecular weight is 323 g/mol. The molecule has 2 heterocycles. The predicted octanol–water partition coefficient (Wildman–Crippen LogP) is 4.29. The van der Waals surface area contributed by atoms with Gasteiger partial charge in [0, 0.05) is 29.1 Å². The SMILES string of the molecule is CS[C@@H](C)Cc1c(-c2ccccc2)ncn1Cc1ccccn1. The quantitative estimate of drug-likeness (QED) is 0.678. The molecule has 0 amide bonds. The van der Waals surface area contributed by atoms with Gasteiger partial charge in [0.25, 0.3) is 0 Å². The number of hydrogen-bond donors (Lipinski definition) is 0.